The lowest BCUT2D eigenvalue weighted by molar-refractivity contribution is 0.208. The number of hydrogen-bond donors (Lipinski definition) is 2. The fourth-order valence-corrected chi connectivity index (χ4v) is 3.10. The highest BCUT2D eigenvalue weighted by Gasteiger charge is 2.26. The van der Waals surface area contributed by atoms with Crippen molar-refractivity contribution < 1.29 is 13.5 Å². The van der Waals surface area contributed by atoms with Gasteiger partial charge in [0.1, 0.15) is 0 Å². The molecule has 0 heterocycles. The number of sulfonamides is 1. The summed E-state index contributed by atoms with van der Waals surface area (Å²) in [6, 6.07) is 6.31. The molecule has 98 valence electrons. The van der Waals surface area contributed by atoms with E-state index in [9.17, 15) is 8.42 Å². The van der Waals surface area contributed by atoms with Crippen LogP contribution in [0.5, 0.6) is 0 Å². The maximum Gasteiger partial charge on any atom is 0.241 e. The van der Waals surface area contributed by atoms with Crippen molar-refractivity contribution in [2.24, 2.45) is 0 Å². The highest BCUT2D eigenvalue weighted by Crippen LogP contribution is 2.18. The Bertz CT molecular complexity index is 586. The van der Waals surface area contributed by atoms with Crippen molar-refractivity contribution in [2.75, 3.05) is 6.61 Å². The van der Waals surface area contributed by atoms with Gasteiger partial charge in [0.05, 0.1) is 28.7 Å². The Hall–Kier alpha value is -1.42. The molecule has 0 atom stereocenters. The Morgan fingerprint density at radius 1 is 1.44 bits per heavy atom. The molecule has 0 aromatic heterocycles. The van der Waals surface area contributed by atoms with E-state index in [2.05, 4.69) is 4.72 Å². The molecule has 0 aliphatic rings. The monoisotopic (exact) mass is 268 g/mol. The van der Waals surface area contributed by atoms with Crippen LogP contribution in [0.4, 0.5) is 0 Å². The summed E-state index contributed by atoms with van der Waals surface area (Å²) in [4.78, 5) is 0.114. The van der Waals surface area contributed by atoms with Gasteiger partial charge < -0.3 is 5.11 Å². The Labute approximate surface area is 107 Å². The van der Waals surface area contributed by atoms with Gasteiger partial charge in [-0.05, 0) is 44.5 Å². The van der Waals surface area contributed by atoms with Gasteiger partial charge >= 0.3 is 0 Å². The minimum atomic E-state index is -3.71. The maximum absolute atomic E-state index is 12.1. The van der Waals surface area contributed by atoms with Crippen LogP contribution in [0.3, 0.4) is 0 Å². The fourth-order valence-electron chi connectivity index (χ4n) is 1.47. The van der Waals surface area contributed by atoms with E-state index in [-0.39, 0.29) is 11.5 Å². The van der Waals surface area contributed by atoms with E-state index >= 15 is 0 Å². The van der Waals surface area contributed by atoms with Crippen LogP contribution in [-0.2, 0) is 10.0 Å². The predicted molar refractivity (Wildman–Crippen MR) is 67.4 cm³/mol. The van der Waals surface area contributed by atoms with Gasteiger partial charge in [-0.25, -0.2) is 13.1 Å². The molecular weight excluding hydrogens is 252 g/mol. The topological polar surface area (TPSA) is 90.2 Å². The Balaban J connectivity index is 3.19. The van der Waals surface area contributed by atoms with E-state index in [1.54, 1.807) is 20.8 Å². The van der Waals surface area contributed by atoms with Crippen LogP contribution >= 0.6 is 0 Å². The molecule has 0 aliphatic carbocycles. The SMILES string of the molecule is Cc1cc(C#N)ccc1S(=O)(=O)NC(C)(C)CO. The zero-order chi connectivity index (χ0) is 14.0. The molecule has 0 bridgehead atoms. The maximum atomic E-state index is 12.1. The Kier molecular flexibility index (Phi) is 4.12. The van der Waals surface area contributed by atoms with Gasteiger partial charge in [-0.2, -0.15) is 5.26 Å². The lowest BCUT2D eigenvalue weighted by atomic mass is 10.1. The first-order valence-electron chi connectivity index (χ1n) is 5.37. The van der Waals surface area contributed by atoms with Gasteiger partial charge in [0.25, 0.3) is 0 Å². The van der Waals surface area contributed by atoms with Crippen molar-refractivity contribution in [1.29, 1.82) is 5.26 Å². The highest BCUT2D eigenvalue weighted by atomic mass is 32.2. The number of nitriles is 1. The molecular formula is C12H16N2O3S. The molecule has 18 heavy (non-hydrogen) atoms. The van der Waals surface area contributed by atoms with Gasteiger partial charge in [-0.3, -0.25) is 0 Å². The number of hydrogen-bond acceptors (Lipinski definition) is 4. The Morgan fingerprint density at radius 2 is 2.06 bits per heavy atom. The molecule has 6 heteroatoms. The minimum absolute atomic E-state index is 0.114. The normalized spacial score (nSPS) is 12.2. The number of aliphatic hydroxyl groups is 1. The van der Waals surface area contributed by atoms with E-state index < -0.39 is 15.6 Å². The molecule has 0 radical (unpaired) electrons. The lowest BCUT2D eigenvalue weighted by Crippen LogP contribution is -2.46. The van der Waals surface area contributed by atoms with Gasteiger partial charge in [0.15, 0.2) is 0 Å². The van der Waals surface area contributed by atoms with Crippen molar-refractivity contribution in [3.8, 4) is 6.07 Å². The van der Waals surface area contributed by atoms with Crippen molar-refractivity contribution in [2.45, 2.75) is 31.2 Å². The largest absolute Gasteiger partial charge is 0.394 e. The summed E-state index contributed by atoms with van der Waals surface area (Å²) in [5, 5.41) is 17.8. The summed E-state index contributed by atoms with van der Waals surface area (Å²) < 4.78 is 26.7. The minimum Gasteiger partial charge on any atom is -0.394 e. The third kappa shape index (κ3) is 3.29. The summed E-state index contributed by atoms with van der Waals surface area (Å²) in [6.07, 6.45) is 0. The van der Waals surface area contributed by atoms with E-state index in [4.69, 9.17) is 10.4 Å². The summed E-state index contributed by atoms with van der Waals surface area (Å²) in [5.74, 6) is 0. The third-order valence-corrected chi connectivity index (χ3v) is 4.26. The molecule has 1 aromatic carbocycles. The van der Waals surface area contributed by atoms with Crippen LogP contribution in [0, 0.1) is 18.3 Å². The van der Waals surface area contributed by atoms with Gasteiger partial charge in [0, 0.05) is 0 Å². The molecule has 0 amide bonds. The summed E-state index contributed by atoms with van der Waals surface area (Å²) >= 11 is 0. The first-order chi connectivity index (χ1) is 8.22. The zero-order valence-electron chi connectivity index (χ0n) is 10.6. The van der Waals surface area contributed by atoms with Gasteiger partial charge in [-0.15, -0.1) is 0 Å². The first kappa shape index (κ1) is 14.6. The van der Waals surface area contributed by atoms with E-state index in [1.807, 2.05) is 6.07 Å². The Morgan fingerprint density at radius 3 is 2.50 bits per heavy atom. The highest BCUT2D eigenvalue weighted by molar-refractivity contribution is 7.89. The van der Waals surface area contributed by atoms with Crippen molar-refractivity contribution in [3.63, 3.8) is 0 Å². The average Bonchev–Trinajstić information content (AvgIpc) is 2.27. The summed E-state index contributed by atoms with van der Waals surface area (Å²) in [5.41, 5.74) is -0.0257. The number of aliphatic hydroxyl groups excluding tert-OH is 1. The predicted octanol–water partition coefficient (Wildman–Crippen LogP) is 0.916. The molecule has 0 spiro atoms. The third-order valence-electron chi connectivity index (χ3n) is 2.40. The van der Waals surface area contributed by atoms with Crippen LogP contribution in [0.15, 0.2) is 23.1 Å². The second-order valence-electron chi connectivity index (χ2n) is 4.74. The molecule has 0 unspecified atom stereocenters. The van der Waals surface area contributed by atoms with Crippen LogP contribution in [-0.4, -0.2) is 25.7 Å². The second kappa shape index (κ2) is 5.06. The van der Waals surface area contributed by atoms with Crippen molar-refractivity contribution in [1.82, 2.24) is 4.72 Å². The molecule has 0 fully saturated rings. The molecule has 1 aromatic rings. The molecule has 0 aliphatic heterocycles. The molecule has 2 N–H and O–H groups in total. The quantitative estimate of drug-likeness (QED) is 0.849. The van der Waals surface area contributed by atoms with Crippen LogP contribution in [0.25, 0.3) is 0 Å². The number of benzene rings is 1. The van der Waals surface area contributed by atoms with Crippen molar-refractivity contribution in [3.05, 3.63) is 29.3 Å². The fraction of sp³-hybridized carbons (Fsp3) is 0.417. The molecule has 1 rings (SSSR count). The number of nitrogens with one attached hydrogen (secondary N) is 1. The summed E-state index contributed by atoms with van der Waals surface area (Å²) in [6.45, 7) is 4.50. The number of nitrogens with zero attached hydrogens (tertiary/aromatic N) is 1. The smallest absolute Gasteiger partial charge is 0.241 e. The first-order valence-corrected chi connectivity index (χ1v) is 6.86. The van der Waals surface area contributed by atoms with Crippen LogP contribution in [0.2, 0.25) is 0 Å². The van der Waals surface area contributed by atoms with Crippen LogP contribution in [0.1, 0.15) is 25.0 Å². The number of aryl methyl sites for hydroxylation is 1. The van der Waals surface area contributed by atoms with E-state index in [1.165, 1.54) is 18.2 Å². The van der Waals surface area contributed by atoms with E-state index in [0.717, 1.165) is 0 Å². The number of rotatable bonds is 4. The average molecular weight is 268 g/mol. The molecule has 5 nitrogen and oxygen atoms in total. The second-order valence-corrected chi connectivity index (χ2v) is 6.39. The zero-order valence-corrected chi connectivity index (χ0v) is 11.4. The molecule has 0 saturated heterocycles. The standard InChI is InChI=1S/C12H16N2O3S/c1-9-6-10(7-13)4-5-11(9)18(16,17)14-12(2,3)8-15/h4-6,14-15H,8H2,1-3H3. The van der Waals surface area contributed by atoms with Crippen molar-refractivity contribution >= 4 is 10.0 Å². The summed E-state index contributed by atoms with van der Waals surface area (Å²) in [7, 11) is -3.71. The molecule has 0 saturated carbocycles. The van der Waals surface area contributed by atoms with Gasteiger partial charge in [0.2, 0.25) is 10.0 Å². The van der Waals surface area contributed by atoms with E-state index in [0.29, 0.717) is 11.1 Å². The van der Waals surface area contributed by atoms with Crippen LogP contribution < -0.4 is 4.72 Å². The lowest BCUT2D eigenvalue weighted by Gasteiger charge is -2.23. The van der Waals surface area contributed by atoms with Gasteiger partial charge in [-0.1, -0.05) is 0 Å².